The molecular formula is C20H23ClFNO4S. The van der Waals surface area contributed by atoms with E-state index in [2.05, 4.69) is 9.46 Å². The minimum Gasteiger partial charge on any atom is -0.469 e. The highest BCUT2D eigenvalue weighted by atomic mass is 35.5. The maximum absolute atomic E-state index is 13.3. The van der Waals surface area contributed by atoms with Crippen LogP contribution < -0.4 is 4.72 Å². The molecule has 28 heavy (non-hydrogen) atoms. The van der Waals surface area contributed by atoms with Gasteiger partial charge in [0.15, 0.2) is 0 Å². The molecule has 0 saturated heterocycles. The third kappa shape index (κ3) is 6.89. The van der Waals surface area contributed by atoms with Crippen LogP contribution in [-0.2, 0) is 19.6 Å². The molecule has 8 heteroatoms. The number of benzene rings is 2. The minimum atomic E-state index is -3.80. The Morgan fingerprint density at radius 1 is 1.14 bits per heavy atom. The first kappa shape index (κ1) is 22.3. The van der Waals surface area contributed by atoms with Gasteiger partial charge in [-0.05, 0) is 48.7 Å². The highest BCUT2D eigenvalue weighted by Gasteiger charge is 2.21. The number of sulfonamides is 1. The summed E-state index contributed by atoms with van der Waals surface area (Å²) < 4.78 is 46.0. The van der Waals surface area contributed by atoms with E-state index in [1.165, 1.54) is 31.4 Å². The molecule has 5 nitrogen and oxygen atoms in total. The van der Waals surface area contributed by atoms with Gasteiger partial charge in [0, 0.05) is 17.5 Å². The summed E-state index contributed by atoms with van der Waals surface area (Å²) in [5, 5.41) is 0.323. The molecule has 0 amide bonds. The zero-order valence-electron chi connectivity index (χ0n) is 15.5. The van der Waals surface area contributed by atoms with Gasteiger partial charge in [-0.1, -0.05) is 42.6 Å². The van der Waals surface area contributed by atoms with E-state index in [4.69, 9.17) is 11.6 Å². The Bertz CT molecular complexity index is 887. The first-order valence-corrected chi connectivity index (χ1v) is 10.8. The summed E-state index contributed by atoms with van der Waals surface area (Å²) in [7, 11) is -2.46. The predicted octanol–water partition coefficient (Wildman–Crippen LogP) is 4.62. The van der Waals surface area contributed by atoms with Crippen molar-refractivity contribution >= 4 is 27.6 Å². The van der Waals surface area contributed by atoms with Crippen molar-refractivity contribution in [2.45, 2.75) is 43.0 Å². The molecule has 0 saturated carbocycles. The van der Waals surface area contributed by atoms with Crippen molar-refractivity contribution in [2.75, 3.05) is 7.11 Å². The number of carbonyl (C=O) groups is 1. The van der Waals surface area contributed by atoms with Crippen LogP contribution >= 0.6 is 11.6 Å². The Labute approximate surface area is 169 Å². The lowest BCUT2D eigenvalue weighted by atomic mass is 10.0. The van der Waals surface area contributed by atoms with E-state index < -0.39 is 21.9 Å². The van der Waals surface area contributed by atoms with Crippen molar-refractivity contribution in [2.24, 2.45) is 0 Å². The van der Waals surface area contributed by atoms with Crippen LogP contribution in [0, 0.1) is 5.82 Å². The molecule has 2 aromatic carbocycles. The van der Waals surface area contributed by atoms with Crippen molar-refractivity contribution in [3.8, 4) is 0 Å². The second kappa shape index (κ2) is 10.5. The number of nitrogens with one attached hydrogen (secondary N) is 1. The normalized spacial score (nSPS) is 12.5. The van der Waals surface area contributed by atoms with Gasteiger partial charge in [-0.15, -0.1) is 0 Å². The van der Waals surface area contributed by atoms with Gasteiger partial charge in [-0.3, -0.25) is 4.79 Å². The Morgan fingerprint density at radius 2 is 1.86 bits per heavy atom. The Kier molecular flexibility index (Phi) is 8.41. The molecule has 0 radical (unpaired) electrons. The number of halogens is 2. The lowest BCUT2D eigenvalue weighted by molar-refractivity contribution is -0.140. The van der Waals surface area contributed by atoms with Gasteiger partial charge in [0.25, 0.3) is 0 Å². The first-order chi connectivity index (χ1) is 13.3. The highest BCUT2D eigenvalue weighted by molar-refractivity contribution is 7.89. The van der Waals surface area contributed by atoms with Crippen molar-refractivity contribution < 1.29 is 22.3 Å². The molecule has 1 N–H and O–H groups in total. The largest absolute Gasteiger partial charge is 0.469 e. The number of unbranched alkanes of at least 4 members (excludes halogenated alkanes) is 2. The van der Waals surface area contributed by atoms with Crippen LogP contribution in [0.3, 0.4) is 0 Å². The maximum Gasteiger partial charge on any atom is 0.305 e. The molecule has 0 spiro atoms. The number of hydrogen-bond acceptors (Lipinski definition) is 4. The van der Waals surface area contributed by atoms with Crippen LogP contribution in [0.2, 0.25) is 5.02 Å². The van der Waals surface area contributed by atoms with E-state index in [9.17, 15) is 17.6 Å². The number of methoxy groups -OCH3 is 1. The third-order valence-corrected chi connectivity index (χ3v) is 5.98. The van der Waals surface area contributed by atoms with Gasteiger partial charge in [0.05, 0.1) is 12.0 Å². The summed E-state index contributed by atoms with van der Waals surface area (Å²) in [6, 6.07) is 11.2. The summed E-state index contributed by atoms with van der Waals surface area (Å²) in [5.41, 5.74) is 0.667. The predicted molar refractivity (Wildman–Crippen MR) is 106 cm³/mol. The van der Waals surface area contributed by atoms with Crippen LogP contribution in [0.4, 0.5) is 4.39 Å². The molecular weight excluding hydrogens is 405 g/mol. The molecule has 0 aromatic heterocycles. The molecule has 0 heterocycles. The number of hydrogen-bond donors (Lipinski definition) is 1. The SMILES string of the molecule is COC(=O)CCCCCC(NS(=O)(=O)c1cccc(Cl)c1)c1ccc(F)cc1. The zero-order chi connectivity index (χ0) is 20.6. The van der Waals surface area contributed by atoms with E-state index in [-0.39, 0.29) is 10.9 Å². The van der Waals surface area contributed by atoms with Gasteiger partial charge in [0.2, 0.25) is 10.0 Å². The van der Waals surface area contributed by atoms with Crippen LogP contribution in [0.25, 0.3) is 0 Å². The third-order valence-electron chi connectivity index (χ3n) is 4.28. The second-order valence-electron chi connectivity index (χ2n) is 6.36. The lowest BCUT2D eigenvalue weighted by Crippen LogP contribution is -2.28. The average Bonchev–Trinajstić information content (AvgIpc) is 2.67. The molecule has 2 rings (SSSR count). The molecule has 0 bridgehead atoms. The van der Waals surface area contributed by atoms with E-state index in [0.717, 1.165) is 6.42 Å². The van der Waals surface area contributed by atoms with Crippen molar-refractivity contribution in [1.82, 2.24) is 4.72 Å². The standard InChI is InChI=1S/C20H23ClFNO4S/c1-27-20(24)9-4-2-3-8-19(15-10-12-17(22)13-11-15)23-28(25,26)18-7-5-6-16(21)14-18/h5-7,10-14,19,23H,2-4,8-9H2,1H3. The van der Waals surface area contributed by atoms with Crippen molar-refractivity contribution in [3.63, 3.8) is 0 Å². The monoisotopic (exact) mass is 427 g/mol. The topological polar surface area (TPSA) is 72.5 Å². The minimum absolute atomic E-state index is 0.0674. The van der Waals surface area contributed by atoms with Crippen LogP contribution in [0.1, 0.15) is 43.7 Å². The molecule has 0 fully saturated rings. The zero-order valence-corrected chi connectivity index (χ0v) is 17.1. The summed E-state index contributed by atoms with van der Waals surface area (Å²) in [4.78, 5) is 11.2. The number of rotatable bonds is 10. The van der Waals surface area contributed by atoms with Gasteiger partial charge in [-0.2, -0.15) is 0 Å². The lowest BCUT2D eigenvalue weighted by Gasteiger charge is -2.19. The fourth-order valence-corrected chi connectivity index (χ4v) is 4.33. The maximum atomic E-state index is 13.3. The van der Waals surface area contributed by atoms with E-state index in [0.29, 0.717) is 36.3 Å². The van der Waals surface area contributed by atoms with Crippen LogP contribution in [-0.4, -0.2) is 21.5 Å². The quantitative estimate of drug-likeness (QED) is 0.443. The first-order valence-electron chi connectivity index (χ1n) is 8.92. The number of carbonyl (C=O) groups excluding carboxylic acids is 1. The fraction of sp³-hybridized carbons (Fsp3) is 0.350. The van der Waals surface area contributed by atoms with Gasteiger partial charge in [0.1, 0.15) is 5.82 Å². The molecule has 0 aliphatic heterocycles. The summed E-state index contributed by atoms with van der Waals surface area (Å²) >= 11 is 5.91. The van der Waals surface area contributed by atoms with E-state index >= 15 is 0 Å². The Morgan fingerprint density at radius 3 is 2.50 bits per heavy atom. The van der Waals surface area contributed by atoms with Gasteiger partial charge in [-0.25, -0.2) is 17.5 Å². The Hall–Kier alpha value is -1.96. The molecule has 1 unspecified atom stereocenters. The fourth-order valence-electron chi connectivity index (χ4n) is 2.77. The molecule has 1 atom stereocenters. The van der Waals surface area contributed by atoms with Crippen molar-refractivity contribution in [3.05, 3.63) is 64.9 Å². The summed E-state index contributed by atoms with van der Waals surface area (Å²) in [6.07, 6.45) is 2.92. The summed E-state index contributed by atoms with van der Waals surface area (Å²) in [6.45, 7) is 0. The molecule has 0 aliphatic rings. The van der Waals surface area contributed by atoms with Gasteiger partial charge >= 0.3 is 5.97 Å². The van der Waals surface area contributed by atoms with Crippen molar-refractivity contribution in [1.29, 1.82) is 0 Å². The molecule has 0 aliphatic carbocycles. The Balaban J connectivity index is 2.10. The smallest absolute Gasteiger partial charge is 0.305 e. The van der Waals surface area contributed by atoms with E-state index in [1.807, 2.05) is 0 Å². The summed E-state index contributed by atoms with van der Waals surface area (Å²) in [5.74, 6) is -0.657. The average molecular weight is 428 g/mol. The number of esters is 1. The van der Waals surface area contributed by atoms with Gasteiger partial charge < -0.3 is 4.74 Å². The van der Waals surface area contributed by atoms with Crippen LogP contribution in [0.15, 0.2) is 53.4 Å². The molecule has 2 aromatic rings. The van der Waals surface area contributed by atoms with E-state index in [1.54, 1.807) is 24.3 Å². The second-order valence-corrected chi connectivity index (χ2v) is 8.51. The highest BCUT2D eigenvalue weighted by Crippen LogP contribution is 2.24. The number of ether oxygens (including phenoxy) is 1. The molecule has 152 valence electrons. The van der Waals surface area contributed by atoms with Crippen LogP contribution in [0.5, 0.6) is 0 Å².